The quantitative estimate of drug-likeness (QED) is 0.167. The summed E-state index contributed by atoms with van der Waals surface area (Å²) in [6, 6.07) is 23.0. The summed E-state index contributed by atoms with van der Waals surface area (Å²) in [5.41, 5.74) is 2.45. The Hall–Kier alpha value is -3.51. The molecule has 6 N–H and O–H groups in total. The van der Waals surface area contributed by atoms with E-state index in [-0.39, 0.29) is 38.0 Å². The molecule has 6 rings (SSSR count). The number of anilines is 1. The molecule has 0 saturated carbocycles. The monoisotopic (exact) mass is 728 g/mol. The number of aliphatic hydroxyl groups is 4. The number of halogens is 1. The van der Waals surface area contributed by atoms with Crippen molar-refractivity contribution in [2.75, 3.05) is 18.5 Å². The van der Waals surface area contributed by atoms with E-state index in [1.54, 1.807) is 18.2 Å². The van der Waals surface area contributed by atoms with E-state index in [4.69, 9.17) is 40.0 Å². The van der Waals surface area contributed by atoms with Crippen LogP contribution in [0.5, 0.6) is 0 Å². The van der Waals surface area contributed by atoms with Crippen LogP contribution < -0.4 is 10.6 Å². The topological polar surface area (TPSA) is 194 Å². The molecule has 15 heteroatoms. The van der Waals surface area contributed by atoms with Gasteiger partial charge in [-0.05, 0) is 23.3 Å². The molecule has 0 spiro atoms. The predicted octanol–water partition coefficient (Wildman–Crippen LogP) is 1.57. The van der Waals surface area contributed by atoms with Crippen LogP contribution in [0, 0.1) is 0 Å². The van der Waals surface area contributed by atoms with Gasteiger partial charge in [0.05, 0.1) is 30.3 Å². The maximum atomic E-state index is 12.9. The average molecular weight is 729 g/mol. The highest BCUT2D eigenvalue weighted by molar-refractivity contribution is 6.33. The van der Waals surface area contributed by atoms with Crippen LogP contribution in [-0.2, 0) is 51.0 Å². The largest absolute Gasteiger partial charge is 0.387 e. The van der Waals surface area contributed by atoms with Gasteiger partial charge in [-0.15, -0.1) is 0 Å². The molecule has 274 valence electrons. The first-order valence-electron chi connectivity index (χ1n) is 16.6. The highest BCUT2D eigenvalue weighted by Gasteiger charge is 2.53. The Morgan fingerprint density at radius 3 is 2.27 bits per heavy atom. The van der Waals surface area contributed by atoms with Gasteiger partial charge < -0.3 is 59.5 Å². The summed E-state index contributed by atoms with van der Waals surface area (Å²) in [5, 5.41) is 50.4. The number of hydrogen-bond acceptors (Lipinski definition) is 12. The predicted molar refractivity (Wildman–Crippen MR) is 180 cm³/mol. The number of benzene rings is 3. The molecule has 3 aliphatic rings. The summed E-state index contributed by atoms with van der Waals surface area (Å²) in [4.78, 5) is 24.5. The van der Waals surface area contributed by atoms with Crippen LogP contribution in [0.15, 0.2) is 78.9 Å². The van der Waals surface area contributed by atoms with Crippen LogP contribution in [0.25, 0.3) is 0 Å². The van der Waals surface area contributed by atoms with Crippen molar-refractivity contribution in [1.82, 2.24) is 5.32 Å². The Bertz CT molecular complexity index is 1620. The lowest BCUT2D eigenvalue weighted by Gasteiger charge is -2.49. The van der Waals surface area contributed by atoms with Crippen molar-refractivity contribution in [3.05, 3.63) is 101 Å². The number of ether oxygens (including phenoxy) is 6. The Kier molecular flexibility index (Phi) is 12.3. The first-order valence-corrected chi connectivity index (χ1v) is 16.9. The molecule has 2 amide bonds. The smallest absolute Gasteiger partial charge is 0.224 e. The minimum absolute atomic E-state index is 0.00342. The van der Waals surface area contributed by atoms with Crippen LogP contribution in [0.2, 0.25) is 5.02 Å². The Balaban J connectivity index is 1.15. The van der Waals surface area contributed by atoms with Gasteiger partial charge in [-0.2, -0.15) is 0 Å². The maximum absolute atomic E-state index is 12.9. The van der Waals surface area contributed by atoms with Crippen molar-refractivity contribution in [1.29, 1.82) is 0 Å². The summed E-state index contributed by atoms with van der Waals surface area (Å²) < 4.78 is 35.8. The zero-order valence-corrected chi connectivity index (χ0v) is 28.4. The highest BCUT2D eigenvalue weighted by Crippen LogP contribution is 2.36. The molecule has 0 aliphatic carbocycles. The molecule has 14 nitrogen and oxygen atoms in total. The van der Waals surface area contributed by atoms with E-state index in [0.29, 0.717) is 16.3 Å². The van der Waals surface area contributed by atoms with Gasteiger partial charge in [0.2, 0.25) is 11.8 Å². The summed E-state index contributed by atoms with van der Waals surface area (Å²) in [7, 11) is 0. The van der Waals surface area contributed by atoms with Gasteiger partial charge in [0.15, 0.2) is 18.9 Å². The average Bonchev–Trinajstić information content (AvgIpc) is 3.13. The minimum atomic E-state index is -1.66. The molecule has 0 radical (unpaired) electrons. The first-order chi connectivity index (χ1) is 24.6. The molecule has 51 heavy (non-hydrogen) atoms. The van der Waals surface area contributed by atoms with Crippen molar-refractivity contribution >= 4 is 29.1 Å². The van der Waals surface area contributed by atoms with Crippen molar-refractivity contribution in [2.45, 2.75) is 87.7 Å². The van der Waals surface area contributed by atoms with E-state index in [1.165, 1.54) is 6.92 Å². The third-order valence-corrected chi connectivity index (χ3v) is 9.13. The van der Waals surface area contributed by atoms with Crippen molar-refractivity contribution in [2.24, 2.45) is 0 Å². The molecule has 3 aromatic carbocycles. The van der Waals surface area contributed by atoms with E-state index in [1.807, 2.05) is 60.7 Å². The van der Waals surface area contributed by atoms with E-state index in [2.05, 4.69) is 10.6 Å². The second kappa shape index (κ2) is 16.9. The van der Waals surface area contributed by atoms with Gasteiger partial charge >= 0.3 is 0 Å². The zero-order chi connectivity index (χ0) is 36.1. The van der Waals surface area contributed by atoms with Gasteiger partial charge in [0.1, 0.15) is 48.8 Å². The highest BCUT2D eigenvalue weighted by atomic mass is 35.5. The Labute approximate surface area is 299 Å². The molecule has 3 fully saturated rings. The third-order valence-electron chi connectivity index (χ3n) is 8.80. The maximum Gasteiger partial charge on any atom is 0.224 e. The number of aliphatic hydroxyl groups excluding tert-OH is 4. The van der Waals surface area contributed by atoms with Gasteiger partial charge in [-0.1, -0.05) is 78.3 Å². The van der Waals surface area contributed by atoms with Gasteiger partial charge in [-0.3, -0.25) is 9.59 Å². The van der Waals surface area contributed by atoms with Crippen LogP contribution in [-0.4, -0.2) is 107 Å². The van der Waals surface area contributed by atoms with Crippen molar-refractivity contribution in [3.63, 3.8) is 0 Å². The fraction of sp³-hybridized carbons (Fsp3) is 0.444. The van der Waals surface area contributed by atoms with Crippen molar-refractivity contribution in [3.8, 4) is 0 Å². The number of carbonyl (C=O) groups is 2. The van der Waals surface area contributed by atoms with Gasteiger partial charge in [-0.25, -0.2) is 0 Å². The van der Waals surface area contributed by atoms with Gasteiger partial charge in [0.25, 0.3) is 0 Å². The van der Waals surface area contributed by atoms with Crippen LogP contribution >= 0.6 is 11.6 Å². The molecule has 3 heterocycles. The van der Waals surface area contributed by atoms with Crippen LogP contribution in [0.4, 0.5) is 5.69 Å². The second-order valence-corrected chi connectivity index (χ2v) is 13.0. The van der Waals surface area contributed by atoms with Gasteiger partial charge in [0, 0.05) is 19.0 Å². The SMILES string of the molecule is CC(=O)Nc1cc(CO[C@@H]2O[C@H](CNC(=O)Cc3ccccc3)[C@@H](O[C@H]3O[C@@H]4COC(c5ccccc5)O[C@H]4[C@H](O)[C@H]3O)[C@H](O)[C@H]2O)ccc1Cl. The number of nitrogens with one attached hydrogen (secondary N) is 2. The fourth-order valence-corrected chi connectivity index (χ4v) is 6.35. The lowest BCUT2D eigenvalue weighted by Crippen LogP contribution is -2.66. The fourth-order valence-electron chi connectivity index (χ4n) is 6.18. The zero-order valence-electron chi connectivity index (χ0n) is 27.6. The first kappa shape index (κ1) is 37.3. The van der Waals surface area contributed by atoms with E-state index in [0.717, 1.165) is 11.1 Å². The molecule has 0 aromatic heterocycles. The third kappa shape index (κ3) is 9.11. The number of hydrogen-bond donors (Lipinski definition) is 6. The molecular weight excluding hydrogens is 688 g/mol. The molecule has 3 aromatic rings. The summed E-state index contributed by atoms with van der Waals surface area (Å²) >= 11 is 6.19. The number of fused-ring (bicyclic) bond motifs is 1. The number of amides is 2. The van der Waals surface area contributed by atoms with E-state index in [9.17, 15) is 30.0 Å². The number of rotatable bonds is 11. The Morgan fingerprint density at radius 2 is 1.55 bits per heavy atom. The molecule has 11 atom stereocenters. The molecule has 3 aliphatic heterocycles. The molecular formula is C36H41ClN2O12. The van der Waals surface area contributed by atoms with Crippen LogP contribution in [0.1, 0.15) is 29.9 Å². The van der Waals surface area contributed by atoms with E-state index < -0.39 is 67.7 Å². The molecule has 3 saturated heterocycles. The summed E-state index contributed by atoms with van der Waals surface area (Å²) in [5.74, 6) is -0.660. The molecule has 0 bridgehead atoms. The molecule has 1 unspecified atom stereocenters. The summed E-state index contributed by atoms with van der Waals surface area (Å²) in [6.45, 7) is 1.05. The Morgan fingerprint density at radius 1 is 0.843 bits per heavy atom. The minimum Gasteiger partial charge on any atom is -0.387 e. The summed E-state index contributed by atoms with van der Waals surface area (Å²) in [6.07, 6.45) is -14.3. The van der Waals surface area contributed by atoms with Crippen LogP contribution in [0.3, 0.4) is 0 Å². The normalized spacial score (nSPS) is 32.1. The lowest BCUT2D eigenvalue weighted by molar-refractivity contribution is -0.384. The van der Waals surface area contributed by atoms with Crippen molar-refractivity contribution < 1.29 is 58.4 Å². The van der Waals surface area contributed by atoms with E-state index >= 15 is 0 Å². The lowest BCUT2D eigenvalue weighted by atomic mass is 9.96. The standard InChI is InChI=1S/C36H41ClN2O12/c1-19(40)39-24-14-21(12-13-23(24)37)17-46-35-30(44)28(42)32(25(48-35)16-38-27(41)15-20-8-4-2-5-9-20)51-36-31(45)29(43)33-26(49-36)18-47-34(50-33)22-10-6-3-7-11-22/h2-14,25-26,28-36,42-45H,15-18H2,1H3,(H,38,41)(H,39,40)/t25-,26-,28-,29-,30-,31-,32-,33-,34?,35-,36-/m1/s1. The second-order valence-electron chi connectivity index (χ2n) is 12.6. The number of carbonyl (C=O) groups excluding carboxylic acids is 2.